The topological polar surface area (TPSA) is 44.8 Å². The molecule has 0 bridgehead atoms. The first-order valence-electron chi connectivity index (χ1n) is 10.6. The van der Waals surface area contributed by atoms with Crippen molar-refractivity contribution in [1.82, 2.24) is 0 Å². The first kappa shape index (κ1) is 20.9. The minimum Gasteiger partial charge on any atom is -0.465 e. The summed E-state index contributed by atoms with van der Waals surface area (Å²) in [5.74, 6) is 1.56. The molecule has 0 fully saturated rings. The van der Waals surface area contributed by atoms with E-state index in [-0.39, 0.29) is 18.7 Å². The molecule has 158 valence electrons. The van der Waals surface area contributed by atoms with Crippen LogP contribution in [0.25, 0.3) is 0 Å². The maximum absolute atomic E-state index is 11.6. The van der Waals surface area contributed by atoms with E-state index in [4.69, 9.17) is 14.2 Å². The zero-order valence-electron chi connectivity index (χ0n) is 18.2. The van der Waals surface area contributed by atoms with Crippen molar-refractivity contribution in [3.05, 3.63) is 66.2 Å². The van der Waals surface area contributed by atoms with Gasteiger partial charge in [-0.2, -0.15) is 0 Å². The third-order valence-corrected chi connectivity index (χ3v) is 23.8. The Hall–Kier alpha value is -2.32. The number of hydrogen-bond donors (Lipinski definition) is 0. The Morgan fingerprint density at radius 1 is 1.10 bits per heavy atom. The number of benzene rings is 2. The Morgan fingerprint density at radius 3 is 2.53 bits per heavy atom. The molecule has 0 amide bonds. The van der Waals surface area contributed by atoms with Gasteiger partial charge in [-0.25, -0.2) is 0 Å². The summed E-state index contributed by atoms with van der Waals surface area (Å²) in [4.78, 5) is 11.6. The molecule has 0 unspecified atom stereocenters. The number of ether oxygens (including phenoxy) is 3. The molecule has 0 aromatic heterocycles. The van der Waals surface area contributed by atoms with Gasteiger partial charge in [0, 0.05) is 20.4 Å². The second kappa shape index (κ2) is 8.08. The summed E-state index contributed by atoms with van der Waals surface area (Å²) in [6, 6.07) is 18.6. The Labute approximate surface area is 180 Å². The van der Waals surface area contributed by atoms with Crippen molar-refractivity contribution in [2.24, 2.45) is 5.92 Å². The molecule has 0 radical (unpaired) electrons. The van der Waals surface area contributed by atoms with E-state index >= 15 is 0 Å². The van der Waals surface area contributed by atoms with Gasteiger partial charge in [0.05, 0.1) is 14.2 Å². The van der Waals surface area contributed by atoms with Crippen LogP contribution in [-0.4, -0.2) is 34.6 Å². The highest BCUT2D eigenvalue weighted by molar-refractivity contribution is 7.46. The molecule has 4 nitrogen and oxygen atoms in total. The molecule has 2 aromatic rings. The number of fused-ring (bicyclic) bond motifs is 1. The summed E-state index contributed by atoms with van der Waals surface area (Å²) < 4.78 is 16.8. The minimum atomic E-state index is -2.03. The summed E-state index contributed by atoms with van der Waals surface area (Å²) >= 11 is 0. The highest BCUT2D eigenvalue weighted by atomic mass is 29.3. The van der Waals surface area contributed by atoms with Crippen molar-refractivity contribution in [2.75, 3.05) is 13.4 Å². The van der Waals surface area contributed by atoms with Gasteiger partial charge in [-0.15, -0.1) is 0 Å². The number of allylic oxidation sites excluding steroid dienone is 1. The van der Waals surface area contributed by atoms with E-state index in [1.165, 1.54) is 17.7 Å². The highest BCUT2D eigenvalue weighted by Crippen LogP contribution is 2.47. The maximum Gasteiger partial charge on any atom is 0.302 e. The molecule has 2 aliphatic rings. The van der Waals surface area contributed by atoms with Crippen LogP contribution >= 0.6 is 0 Å². The van der Waals surface area contributed by atoms with Crippen molar-refractivity contribution in [2.45, 2.75) is 38.2 Å². The lowest BCUT2D eigenvalue weighted by Gasteiger charge is -2.52. The lowest BCUT2D eigenvalue weighted by Crippen LogP contribution is -2.71. The molecule has 4 rings (SSSR count). The molecule has 0 aliphatic carbocycles. The van der Waals surface area contributed by atoms with Crippen LogP contribution in [0.4, 0.5) is 0 Å². The first-order chi connectivity index (χ1) is 14.3. The molecule has 2 aliphatic heterocycles. The summed E-state index contributed by atoms with van der Waals surface area (Å²) in [6.45, 7) is 9.70. The maximum atomic E-state index is 11.6. The van der Waals surface area contributed by atoms with Gasteiger partial charge < -0.3 is 14.2 Å². The Morgan fingerprint density at radius 2 is 1.83 bits per heavy atom. The molecule has 2 heterocycles. The Bertz CT molecular complexity index is 951. The van der Waals surface area contributed by atoms with Crippen molar-refractivity contribution < 1.29 is 19.0 Å². The van der Waals surface area contributed by atoms with Crippen LogP contribution in [0, 0.1) is 5.92 Å². The molecular formula is C24H30O4Si2. The van der Waals surface area contributed by atoms with Crippen LogP contribution in [-0.2, 0) is 9.53 Å². The van der Waals surface area contributed by atoms with Crippen LogP contribution in [0.2, 0.25) is 25.7 Å². The number of esters is 1. The van der Waals surface area contributed by atoms with Crippen molar-refractivity contribution in [3.63, 3.8) is 0 Å². The predicted octanol–water partition coefficient (Wildman–Crippen LogP) is 4.56. The van der Waals surface area contributed by atoms with Crippen LogP contribution in [0.1, 0.15) is 18.0 Å². The van der Waals surface area contributed by atoms with Crippen molar-refractivity contribution in [1.29, 1.82) is 0 Å². The molecule has 0 N–H and O–H groups in total. The van der Waals surface area contributed by atoms with Gasteiger partial charge in [-0.05, 0) is 29.3 Å². The third kappa shape index (κ3) is 3.63. The van der Waals surface area contributed by atoms with Gasteiger partial charge >= 0.3 is 5.97 Å². The highest BCUT2D eigenvalue weighted by Gasteiger charge is 2.55. The zero-order valence-corrected chi connectivity index (χ0v) is 20.2. The van der Waals surface area contributed by atoms with Gasteiger partial charge in [-0.3, -0.25) is 4.79 Å². The summed E-state index contributed by atoms with van der Waals surface area (Å²) in [5, 5.41) is 1.50. The SMILES string of the molecule is CC(=O)OC[C@H]1C=CC[Si@](c2ccccc2)([Si](C)(C)C)[C@@H]1c1ccc2c(c1)OCO2. The number of rotatable bonds is 5. The van der Waals surface area contributed by atoms with E-state index in [1.807, 2.05) is 6.07 Å². The predicted molar refractivity (Wildman–Crippen MR) is 125 cm³/mol. The molecule has 2 aromatic carbocycles. The van der Waals surface area contributed by atoms with Gasteiger partial charge in [0.25, 0.3) is 0 Å². The van der Waals surface area contributed by atoms with Crippen molar-refractivity contribution >= 4 is 26.3 Å². The molecule has 30 heavy (non-hydrogen) atoms. The number of hydrogen-bond acceptors (Lipinski definition) is 4. The smallest absolute Gasteiger partial charge is 0.302 e. The fraction of sp³-hybridized carbons (Fsp3) is 0.375. The molecule has 3 atom stereocenters. The Kier molecular flexibility index (Phi) is 5.64. The average molecular weight is 439 g/mol. The second-order valence-corrected chi connectivity index (χ2v) is 24.5. The number of carbonyl (C=O) groups is 1. The van der Waals surface area contributed by atoms with E-state index in [9.17, 15) is 4.79 Å². The lowest BCUT2D eigenvalue weighted by atomic mass is 9.97. The summed E-state index contributed by atoms with van der Waals surface area (Å²) in [6.07, 6.45) is 4.63. The van der Waals surface area contributed by atoms with E-state index in [1.54, 1.807) is 0 Å². The molecule has 0 saturated carbocycles. The monoisotopic (exact) mass is 438 g/mol. The number of carbonyl (C=O) groups excluding carboxylic acids is 1. The van der Waals surface area contributed by atoms with Crippen LogP contribution in [0.5, 0.6) is 11.5 Å². The quantitative estimate of drug-likeness (QED) is 0.390. The van der Waals surface area contributed by atoms with Crippen molar-refractivity contribution in [3.8, 4) is 11.5 Å². The fourth-order valence-electron chi connectivity index (χ4n) is 5.27. The van der Waals surface area contributed by atoms with Gasteiger partial charge in [0.2, 0.25) is 6.79 Å². The summed E-state index contributed by atoms with van der Waals surface area (Å²) in [7, 11) is -3.68. The second-order valence-electron chi connectivity index (χ2n) is 9.28. The lowest BCUT2D eigenvalue weighted by molar-refractivity contribution is -0.141. The normalized spacial score (nSPS) is 25.2. The van der Waals surface area contributed by atoms with E-state index in [0.717, 1.165) is 17.5 Å². The van der Waals surface area contributed by atoms with Crippen LogP contribution in [0.3, 0.4) is 0 Å². The average Bonchev–Trinajstić information content (AvgIpc) is 3.19. The van der Waals surface area contributed by atoms with Gasteiger partial charge in [0.15, 0.2) is 11.5 Å². The summed E-state index contributed by atoms with van der Waals surface area (Å²) in [5.41, 5.74) is 1.59. The fourth-order valence-corrected chi connectivity index (χ4v) is 20.7. The van der Waals surface area contributed by atoms with E-state index in [0.29, 0.717) is 12.1 Å². The molecule has 0 saturated heterocycles. The minimum absolute atomic E-state index is 0.154. The standard InChI is InChI=1S/C24H30O4Si2/c1-18(25)26-16-20-9-8-14-30(29(2,3)4,21-10-6-5-7-11-21)24(20)19-12-13-22-23(15-19)28-17-27-22/h5-13,15,20,24H,14,16-17H2,1-4H3/t20-,24-,30-/m1/s1. The zero-order chi connectivity index (χ0) is 21.4. The van der Waals surface area contributed by atoms with E-state index in [2.05, 4.69) is 74.3 Å². The molecule has 0 spiro atoms. The van der Waals surface area contributed by atoms with Crippen LogP contribution < -0.4 is 14.7 Å². The third-order valence-electron chi connectivity index (χ3n) is 6.64. The largest absolute Gasteiger partial charge is 0.465 e. The first-order valence-corrected chi connectivity index (χ1v) is 17.4. The molecule has 6 heteroatoms. The van der Waals surface area contributed by atoms with E-state index < -0.39 is 15.2 Å². The Balaban J connectivity index is 1.90. The van der Waals surface area contributed by atoms with Gasteiger partial charge in [0.1, 0.15) is 0 Å². The van der Waals surface area contributed by atoms with Crippen LogP contribution in [0.15, 0.2) is 60.7 Å². The van der Waals surface area contributed by atoms with Gasteiger partial charge in [-0.1, -0.05) is 73.4 Å². The molecular weight excluding hydrogens is 408 g/mol.